The van der Waals surface area contributed by atoms with E-state index in [0.29, 0.717) is 11.4 Å². The van der Waals surface area contributed by atoms with Crippen LogP contribution in [0.4, 0.5) is 0 Å². The molecule has 2 heterocycles. The second-order valence-corrected chi connectivity index (χ2v) is 2.96. The minimum absolute atomic E-state index is 0.190. The van der Waals surface area contributed by atoms with Crippen molar-refractivity contribution in [2.24, 2.45) is 0 Å². The monoisotopic (exact) mass is 204 g/mol. The molecular weight excluding hydrogens is 196 g/mol. The average Bonchev–Trinajstić information content (AvgIpc) is 2.91. The lowest BCUT2D eigenvalue weighted by Gasteiger charge is -1.95. The molecule has 6 heteroatoms. The van der Waals surface area contributed by atoms with E-state index in [9.17, 15) is 9.59 Å². The highest BCUT2D eigenvalue weighted by Crippen LogP contribution is 2.03. The van der Waals surface area contributed by atoms with Gasteiger partial charge in [-0.1, -0.05) is 0 Å². The van der Waals surface area contributed by atoms with E-state index in [2.05, 4.69) is 20.4 Å². The van der Waals surface area contributed by atoms with Crippen molar-refractivity contribution < 1.29 is 9.59 Å². The average molecular weight is 204 g/mol. The van der Waals surface area contributed by atoms with Gasteiger partial charge in [-0.25, -0.2) is 0 Å². The highest BCUT2D eigenvalue weighted by Gasteiger charge is 2.15. The van der Waals surface area contributed by atoms with E-state index in [4.69, 9.17) is 0 Å². The van der Waals surface area contributed by atoms with Gasteiger partial charge >= 0.3 is 0 Å². The van der Waals surface area contributed by atoms with E-state index in [1.807, 2.05) is 0 Å². The molecule has 0 unspecified atom stereocenters. The molecule has 0 aliphatic carbocycles. The molecule has 2 aromatic rings. The Bertz CT molecular complexity index is 414. The van der Waals surface area contributed by atoms with Crippen molar-refractivity contribution in [3.63, 3.8) is 0 Å². The summed E-state index contributed by atoms with van der Waals surface area (Å²) in [6, 6.07) is 3.06. The van der Waals surface area contributed by atoms with E-state index in [1.54, 1.807) is 0 Å². The first-order chi connectivity index (χ1) is 7.27. The van der Waals surface area contributed by atoms with Gasteiger partial charge in [0.25, 0.3) is 0 Å². The second-order valence-electron chi connectivity index (χ2n) is 2.96. The predicted molar refractivity (Wildman–Crippen MR) is 50.5 cm³/mol. The maximum atomic E-state index is 11.5. The van der Waals surface area contributed by atoms with Gasteiger partial charge in [-0.05, 0) is 12.1 Å². The Morgan fingerprint density at radius 2 is 1.47 bits per heavy atom. The van der Waals surface area contributed by atoms with Gasteiger partial charge in [-0.3, -0.25) is 19.8 Å². The third-order valence-corrected chi connectivity index (χ3v) is 1.92. The van der Waals surface area contributed by atoms with Crippen molar-refractivity contribution in [1.29, 1.82) is 0 Å². The lowest BCUT2D eigenvalue weighted by molar-refractivity contribution is 0.0888. The highest BCUT2D eigenvalue weighted by atomic mass is 16.1. The molecule has 0 aliphatic rings. The molecule has 2 aromatic heterocycles. The number of nitrogens with one attached hydrogen (secondary N) is 2. The molecule has 0 saturated heterocycles. The molecule has 0 fully saturated rings. The second kappa shape index (κ2) is 3.87. The molecule has 2 rings (SSSR count). The summed E-state index contributed by atoms with van der Waals surface area (Å²) in [7, 11) is 0. The van der Waals surface area contributed by atoms with Crippen LogP contribution in [0.25, 0.3) is 0 Å². The summed E-state index contributed by atoms with van der Waals surface area (Å²) in [4.78, 5) is 23.0. The number of aromatic amines is 2. The summed E-state index contributed by atoms with van der Waals surface area (Å²) in [6.07, 6.45) is 2.74. The molecule has 0 radical (unpaired) electrons. The van der Waals surface area contributed by atoms with Crippen LogP contribution in [0.3, 0.4) is 0 Å². The first-order valence-electron chi connectivity index (χ1n) is 4.32. The van der Waals surface area contributed by atoms with Gasteiger partial charge in [0.05, 0.1) is 6.42 Å². The van der Waals surface area contributed by atoms with Crippen LogP contribution in [0.2, 0.25) is 0 Å². The molecule has 0 spiro atoms. The zero-order valence-corrected chi connectivity index (χ0v) is 7.73. The number of Topliss-reactive ketones (excluding diaryl/α,β-unsaturated/α-hetero) is 2. The van der Waals surface area contributed by atoms with Gasteiger partial charge in [-0.15, -0.1) is 0 Å². The first-order valence-corrected chi connectivity index (χ1v) is 4.32. The van der Waals surface area contributed by atoms with Gasteiger partial charge in [0.15, 0.2) is 11.6 Å². The van der Waals surface area contributed by atoms with Crippen molar-refractivity contribution in [3.8, 4) is 0 Å². The fraction of sp³-hybridized carbons (Fsp3) is 0.111. The van der Waals surface area contributed by atoms with Crippen LogP contribution in [-0.2, 0) is 0 Å². The molecule has 2 N–H and O–H groups in total. The van der Waals surface area contributed by atoms with Crippen LogP contribution in [0.1, 0.15) is 27.4 Å². The molecule has 6 nitrogen and oxygen atoms in total. The van der Waals surface area contributed by atoms with Gasteiger partial charge < -0.3 is 0 Å². The Balaban J connectivity index is 2.04. The number of hydrogen-bond donors (Lipinski definition) is 2. The normalized spacial score (nSPS) is 10.1. The van der Waals surface area contributed by atoms with Crippen molar-refractivity contribution in [1.82, 2.24) is 20.4 Å². The molecule has 0 aromatic carbocycles. The Morgan fingerprint density at radius 1 is 1.00 bits per heavy atom. The van der Waals surface area contributed by atoms with E-state index in [0.717, 1.165) is 0 Å². The lowest BCUT2D eigenvalue weighted by atomic mass is 10.1. The first kappa shape index (κ1) is 9.32. The van der Waals surface area contributed by atoms with E-state index in [1.165, 1.54) is 24.5 Å². The fourth-order valence-corrected chi connectivity index (χ4v) is 1.16. The van der Waals surface area contributed by atoms with Crippen LogP contribution in [0.15, 0.2) is 24.5 Å². The van der Waals surface area contributed by atoms with Crippen LogP contribution in [0.5, 0.6) is 0 Å². The number of H-pyrrole nitrogens is 2. The summed E-state index contributed by atoms with van der Waals surface area (Å²) in [6.45, 7) is 0. The predicted octanol–water partition coefficient (Wildman–Crippen LogP) is 0.588. The van der Waals surface area contributed by atoms with Gasteiger partial charge in [-0.2, -0.15) is 10.2 Å². The molecule has 0 bridgehead atoms. The summed E-state index contributed by atoms with van der Waals surface area (Å²) < 4.78 is 0. The molecule has 0 atom stereocenters. The van der Waals surface area contributed by atoms with Crippen LogP contribution >= 0.6 is 0 Å². The van der Waals surface area contributed by atoms with E-state index in [-0.39, 0.29) is 18.0 Å². The van der Waals surface area contributed by atoms with Crippen LogP contribution in [-0.4, -0.2) is 32.0 Å². The van der Waals surface area contributed by atoms with Crippen molar-refractivity contribution in [3.05, 3.63) is 35.9 Å². The minimum Gasteiger partial charge on any atom is -0.292 e. The smallest absolute Gasteiger partial charge is 0.188 e. The van der Waals surface area contributed by atoms with Gasteiger partial charge in [0.1, 0.15) is 11.4 Å². The third kappa shape index (κ3) is 1.98. The van der Waals surface area contributed by atoms with Crippen molar-refractivity contribution >= 4 is 11.6 Å². The number of carbonyl (C=O) groups excluding carboxylic acids is 2. The van der Waals surface area contributed by atoms with Crippen LogP contribution in [0, 0.1) is 0 Å². The zero-order chi connectivity index (χ0) is 10.7. The fourth-order valence-electron chi connectivity index (χ4n) is 1.16. The molecule has 76 valence electrons. The minimum atomic E-state index is -0.285. The Morgan fingerprint density at radius 3 is 1.80 bits per heavy atom. The maximum Gasteiger partial charge on any atom is 0.188 e. The molecular formula is C9H8N4O2. The molecule has 0 saturated carbocycles. The number of aromatic nitrogens is 4. The third-order valence-electron chi connectivity index (χ3n) is 1.92. The molecule has 15 heavy (non-hydrogen) atoms. The summed E-state index contributed by atoms with van der Waals surface area (Å²) >= 11 is 0. The van der Waals surface area contributed by atoms with E-state index < -0.39 is 0 Å². The largest absolute Gasteiger partial charge is 0.292 e. The number of carbonyl (C=O) groups is 2. The number of ketones is 2. The standard InChI is InChI=1S/C9H8N4O2/c14-8(6-1-3-10-12-6)5-9(15)7-2-4-11-13-7/h1-4H,5H2,(H,10,12)(H,11,13). The van der Waals surface area contributed by atoms with Crippen LogP contribution < -0.4 is 0 Å². The van der Waals surface area contributed by atoms with Gasteiger partial charge in [0.2, 0.25) is 0 Å². The van der Waals surface area contributed by atoms with Gasteiger partial charge in [0, 0.05) is 12.4 Å². The van der Waals surface area contributed by atoms with Crippen molar-refractivity contribution in [2.75, 3.05) is 0 Å². The quantitative estimate of drug-likeness (QED) is 0.563. The van der Waals surface area contributed by atoms with Crippen molar-refractivity contribution in [2.45, 2.75) is 6.42 Å². The maximum absolute atomic E-state index is 11.5. The Kier molecular flexibility index (Phi) is 2.40. The lowest BCUT2D eigenvalue weighted by Crippen LogP contribution is -2.09. The number of nitrogens with zero attached hydrogens (tertiary/aromatic N) is 2. The van der Waals surface area contributed by atoms with E-state index >= 15 is 0 Å². The summed E-state index contributed by atoms with van der Waals surface area (Å²) in [5, 5.41) is 12.3. The summed E-state index contributed by atoms with van der Waals surface area (Å²) in [5.41, 5.74) is 0.672. The molecule has 0 amide bonds. The Labute approximate surface area is 84.7 Å². The topological polar surface area (TPSA) is 91.5 Å². The molecule has 0 aliphatic heterocycles. The SMILES string of the molecule is O=C(CC(=O)c1ccn[nH]1)c1ccn[nH]1. The summed E-state index contributed by atoms with van der Waals surface area (Å²) in [5.74, 6) is -0.570. The highest BCUT2D eigenvalue weighted by molar-refractivity contribution is 6.12. The number of rotatable bonds is 4. The Hall–Kier alpha value is -2.24. The zero-order valence-electron chi connectivity index (χ0n) is 7.73. The number of hydrogen-bond acceptors (Lipinski definition) is 4.